The van der Waals surface area contributed by atoms with Crippen LogP contribution >= 0.6 is 11.6 Å². The second kappa shape index (κ2) is 13.1. The number of anilines is 1. The molecule has 0 saturated carbocycles. The highest BCUT2D eigenvalue weighted by molar-refractivity contribution is 6.30. The first-order valence-electron chi connectivity index (χ1n) is 13.2. The molecule has 3 N–H and O–H groups in total. The second-order valence-corrected chi connectivity index (χ2v) is 9.91. The number of aromatic amines is 1. The van der Waals surface area contributed by atoms with Crippen LogP contribution in [0.3, 0.4) is 0 Å². The summed E-state index contributed by atoms with van der Waals surface area (Å²) >= 11 is 6.21. The molecule has 1 aliphatic rings. The van der Waals surface area contributed by atoms with Crippen molar-refractivity contribution in [3.8, 4) is 16.9 Å². The summed E-state index contributed by atoms with van der Waals surface area (Å²) in [5.41, 5.74) is 4.95. The number of hydrogen-bond acceptors (Lipinski definition) is 7. The van der Waals surface area contributed by atoms with Gasteiger partial charge in [-0.2, -0.15) is 4.68 Å². The third-order valence-corrected chi connectivity index (χ3v) is 6.91. The molecule has 0 spiro atoms. The lowest BCUT2D eigenvalue weighted by molar-refractivity contribution is -0.117. The Bertz CT molecular complexity index is 1580. The molecule has 11 nitrogen and oxygen atoms in total. The molecule has 0 fully saturated rings. The number of tetrazole rings is 1. The van der Waals surface area contributed by atoms with Gasteiger partial charge in [0.1, 0.15) is 12.2 Å². The molecule has 0 radical (unpaired) electrons. The average Bonchev–Trinajstić information content (AvgIpc) is 3.68. The van der Waals surface area contributed by atoms with E-state index in [9.17, 15) is 9.59 Å². The number of carbonyl (C=O) groups is 2. The molecular weight excluding hydrogens is 544 g/mol. The molecule has 1 unspecified atom stereocenters. The van der Waals surface area contributed by atoms with E-state index < -0.39 is 6.09 Å². The number of benzene rings is 2. The lowest BCUT2D eigenvalue weighted by atomic mass is 9.98. The Balaban J connectivity index is 1.38. The Morgan fingerprint density at radius 1 is 1.17 bits per heavy atom. The summed E-state index contributed by atoms with van der Waals surface area (Å²) < 4.78 is 6.24. The summed E-state index contributed by atoms with van der Waals surface area (Å²) in [5.74, 6) is 0.359. The van der Waals surface area contributed by atoms with Crippen molar-refractivity contribution in [2.45, 2.75) is 38.1 Å². The Morgan fingerprint density at radius 3 is 2.90 bits per heavy atom. The number of carbonyl (C=O) groups excluding carboxylic acids is 2. The van der Waals surface area contributed by atoms with Gasteiger partial charge in [0.25, 0.3) is 0 Å². The van der Waals surface area contributed by atoms with Crippen molar-refractivity contribution in [1.29, 1.82) is 0 Å². The highest BCUT2D eigenvalue weighted by Crippen LogP contribution is 2.29. The van der Waals surface area contributed by atoms with Gasteiger partial charge in [-0.05, 0) is 84.5 Å². The van der Waals surface area contributed by atoms with Crippen LogP contribution in [0, 0.1) is 0 Å². The minimum atomic E-state index is -0.516. The summed E-state index contributed by atoms with van der Waals surface area (Å²) in [5, 5.41) is 17.6. The van der Waals surface area contributed by atoms with E-state index in [1.54, 1.807) is 30.5 Å². The molecule has 5 rings (SSSR count). The van der Waals surface area contributed by atoms with Gasteiger partial charge in [-0.25, -0.2) is 9.78 Å². The summed E-state index contributed by atoms with van der Waals surface area (Å²) in [6.45, 7) is 0. The molecule has 0 saturated heterocycles. The van der Waals surface area contributed by atoms with E-state index in [-0.39, 0.29) is 11.9 Å². The summed E-state index contributed by atoms with van der Waals surface area (Å²) in [4.78, 5) is 32.8. The Kier molecular flexibility index (Phi) is 8.85. The number of nitrogens with zero attached hydrogens (tertiary/aromatic N) is 5. The quantitative estimate of drug-likeness (QED) is 0.214. The number of aryl methyl sites for hydroxylation is 1. The maximum absolute atomic E-state index is 13.1. The fourth-order valence-electron chi connectivity index (χ4n) is 4.65. The Morgan fingerprint density at radius 2 is 2.07 bits per heavy atom. The van der Waals surface area contributed by atoms with Crippen molar-refractivity contribution in [3.63, 3.8) is 0 Å². The monoisotopic (exact) mass is 572 g/mol. The molecule has 210 valence electrons. The zero-order valence-corrected chi connectivity index (χ0v) is 23.1. The lowest BCUT2D eigenvalue weighted by Gasteiger charge is -2.14. The van der Waals surface area contributed by atoms with Gasteiger partial charge >= 0.3 is 6.09 Å². The standard InChI is InChI=1S/C29H29ClN8O3/c1-41-29(40)33-22-11-12-23-19(16-22)7-5-3-2-4-6-8-24(28-31-17-25(23)35-28)34-27(39)14-9-20-15-21(30)10-13-26(20)38-18-32-36-37-38/h4,6,9-18,24H,2-3,5,7-8H2,1H3,(H,31,35)(H,33,40)(H,34,39). The molecule has 41 heavy (non-hydrogen) atoms. The van der Waals surface area contributed by atoms with Crippen LogP contribution in [-0.4, -0.2) is 49.3 Å². The largest absolute Gasteiger partial charge is 0.453 e. The Hall–Kier alpha value is -4.77. The number of amides is 2. The van der Waals surface area contributed by atoms with E-state index >= 15 is 0 Å². The number of aromatic nitrogens is 6. The van der Waals surface area contributed by atoms with Crippen molar-refractivity contribution in [2.24, 2.45) is 0 Å². The maximum Gasteiger partial charge on any atom is 0.411 e. The molecule has 2 aromatic heterocycles. The number of hydrogen-bond donors (Lipinski definition) is 3. The lowest BCUT2D eigenvalue weighted by Crippen LogP contribution is -2.27. The number of methoxy groups -OCH3 is 1. The third kappa shape index (κ3) is 7.06. The van der Waals surface area contributed by atoms with Gasteiger partial charge in [-0.3, -0.25) is 10.1 Å². The van der Waals surface area contributed by atoms with Gasteiger partial charge in [0, 0.05) is 27.9 Å². The molecular formula is C29H29ClN8O3. The number of fused-ring (bicyclic) bond motifs is 4. The van der Waals surface area contributed by atoms with Crippen molar-refractivity contribution >= 4 is 35.4 Å². The van der Waals surface area contributed by atoms with Crippen LogP contribution in [0.5, 0.6) is 0 Å². The topological polar surface area (TPSA) is 140 Å². The molecule has 12 heteroatoms. The number of allylic oxidation sites excluding steroid dienone is 1. The molecule has 2 bridgehead atoms. The molecule has 3 heterocycles. The first-order chi connectivity index (χ1) is 20.0. The zero-order chi connectivity index (χ0) is 28.6. The van der Waals surface area contributed by atoms with Crippen LogP contribution in [0.1, 0.15) is 48.7 Å². The van der Waals surface area contributed by atoms with Gasteiger partial charge in [0.2, 0.25) is 5.91 Å². The van der Waals surface area contributed by atoms with E-state index in [2.05, 4.69) is 48.3 Å². The van der Waals surface area contributed by atoms with Crippen LogP contribution in [-0.2, 0) is 16.0 Å². The van der Waals surface area contributed by atoms with Crippen LogP contribution in [0.4, 0.5) is 10.5 Å². The maximum atomic E-state index is 13.1. The Labute approximate surface area is 241 Å². The fourth-order valence-corrected chi connectivity index (χ4v) is 4.83. The average molecular weight is 573 g/mol. The van der Waals surface area contributed by atoms with Crippen molar-refractivity contribution < 1.29 is 14.3 Å². The second-order valence-electron chi connectivity index (χ2n) is 9.48. The highest BCUT2D eigenvalue weighted by Gasteiger charge is 2.18. The minimum Gasteiger partial charge on any atom is -0.453 e. The number of rotatable bonds is 5. The summed E-state index contributed by atoms with van der Waals surface area (Å²) in [6.07, 6.45) is 14.4. The first kappa shape index (κ1) is 27.8. The number of halogens is 1. The van der Waals surface area contributed by atoms with E-state index in [0.29, 0.717) is 34.2 Å². The van der Waals surface area contributed by atoms with Crippen molar-refractivity contribution in [2.75, 3.05) is 12.4 Å². The normalized spacial score (nSPS) is 15.3. The van der Waals surface area contributed by atoms with Crippen LogP contribution in [0.15, 0.2) is 67.2 Å². The van der Waals surface area contributed by atoms with Gasteiger partial charge in [0.05, 0.1) is 30.7 Å². The van der Waals surface area contributed by atoms with Gasteiger partial charge in [-0.15, -0.1) is 5.10 Å². The molecule has 2 aromatic carbocycles. The van der Waals surface area contributed by atoms with Crippen molar-refractivity contribution in [1.82, 2.24) is 35.5 Å². The number of imidazole rings is 1. The van der Waals surface area contributed by atoms with E-state index in [1.165, 1.54) is 24.2 Å². The molecule has 1 aliphatic heterocycles. The fraction of sp³-hybridized carbons (Fsp3) is 0.241. The number of nitrogens with one attached hydrogen (secondary N) is 3. The first-order valence-corrected chi connectivity index (χ1v) is 13.6. The van der Waals surface area contributed by atoms with Gasteiger partial charge in [-0.1, -0.05) is 29.8 Å². The molecule has 1 atom stereocenters. The zero-order valence-electron chi connectivity index (χ0n) is 22.4. The van der Waals surface area contributed by atoms with Crippen LogP contribution < -0.4 is 10.6 Å². The predicted molar refractivity (Wildman–Crippen MR) is 155 cm³/mol. The predicted octanol–water partition coefficient (Wildman–Crippen LogP) is 5.43. The number of ether oxygens (including phenoxy) is 1. The summed E-state index contributed by atoms with van der Waals surface area (Å²) in [6, 6.07) is 10.6. The highest BCUT2D eigenvalue weighted by atomic mass is 35.5. The van der Waals surface area contributed by atoms with Gasteiger partial charge < -0.3 is 15.0 Å². The summed E-state index contributed by atoms with van der Waals surface area (Å²) in [7, 11) is 1.34. The molecule has 4 aromatic rings. The minimum absolute atomic E-state index is 0.285. The van der Waals surface area contributed by atoms with E-state index in [1.807, 2.05) is 18.2 Å². The van der Waals surface area contributed by atoms with Crippen molar-refractivity contribution in [3.05, 3.63) is 89.1 Å². The van der Waals surface area contributed by atoms with Crippen LogP contribution in [0.25, 0.3) is 23.0 Å². The number of H-pyrrole nitrogens is 1. The molecule has 2 amide bonds. The molecule has 0 aliphatic carbocycles. The van der Waals surface area contributed by atoms with Crippen LogP contribution in [0.2, 0.25) is 5.02 Å². The third-order valence-electron chi connectivity index (χ3n) is 6.67. The van der Waals surface area contributed by atoms with E-state index in [0.717, 1.165) is 42.5 Å². The van der Waals surface area contributed by atoms with Gasteiger partial charge in [0.15, 0.2) is 0 Å². The van der Waals surface area contributed by atoms with E-state index in [4.69, 9.17) is 16.3 Å². The SMILES string of the molecule is COC(=O)Nc1ccc2c(c1)CCCCC=CCC(NC(=O)C=Cc1cc(Cl)ccc1-n1cnnn1)c1ncc-2[nH]1. The smallest absolute Gasteiger partial charge is 0.411 e.